The van der Waals surface area contributed by atoms with Crippen LogP contribution in [-0.2, 0) is 0 Å². The standard InChI is InChI=1S/C19H21N3O2/c23-12-9-14-7-10-22(11-8-14)18-6-5-15(13-20-18)19-21-16-3-1-2-4-17(16)24-19/h1-6,13-14,23H,7-12H2. The van der Waals surface area contributed by atoms with Crippen molar-refractivity contribution in [1.29, 1.82) is 0 Å². The Morgan fingerprint density at radius 1 is 1.12 bits per heavy atom. The average Bonchev–Trinajstić information content (AvgIpc) is 3.07. The lowest BCUT2D eigenvalue weighted by atomic mass is 9.94. The first-order chi connectivity index (χ1) is 11.8. The second kappa shape index (κ2) is 6.61. The summed E-state index contributed by atoms with van der Waals surface area (Å²) in [7, 11) is 0. The zero-order valence-electron chi connectivity index (χ0n) is 13.6. The van der Waals surface area contributed by atoms with E-state index in [1.165, 1.54) is 0 Å². The Kier molecular flexibility index (Phi) is 4.17. The predicted molar refractivity (Wildman–Crippen MR) is 93.9 cm³/mol. The normalized spacial score (nSPS) is 16.0. The minimum absolute atomic E-state index is 0.294. The van der Waals surface area contributed by atoms with E-state index < -0.39 is 0 Å². The summed E-state index contributed by atoms with van der Waals surface area (Å²) < 4.78 is 5.79. The Labute approximate surface area is 141 Å². The lowest BCUT2D eigenvalue weighted by Crippen LogP contribution is -2.34. The van der Waals surface area contributed by atoms with Gasteiger partial charge in [0.1, 0.15) is 11.3 Å². The zero-order valence-corrected chi connectivity index (χ0v) is 13.6. The van der Waals surface area contributed by atoms with Crippen LogP contribution < -0.4 is 4.90 Å². The minimum Gasteiger partial charge on any atom is -0.436 e. The molecule has 4 rings (SSSR count). The second-order valence-corrected chi connectivity index (χ2v) is 6.33. The monoisotopic (exact) mass is 323 g/mol. The maximum Gasteiger partial charge on any atom is 0.228 e. The van der Waals surface area contributed by atoms with Gasteiger partial charge in [-0.2, -0.15) is 0 Å². The van der Waals surface area contributed by atoms with Crippen LogP contribution in [0.15, 0.2) is 47.0 Å². The van der Waals surface area contributed by atoms with Crippen molar-refractivity contribution < 1.29 is 9.52 Å². The molecule has 0 atom stereocenters. The predicted octanol–water partition coefficient (Wildman–Crippen LogP) is 3.49. The number of fused-ring (bicyclic) bond motifs is 1. The molecule has 5 nitrogen and oxygen atoms in total. The van der Waals surface area contributed by atoms with Gasteiger partial charge in [0.25, 0.3) is 0 Å². The van der Waals surface area contributed by atoms with Gasteiger partial charge in [-0.05, 0) is 49.4 Å². The van der Waals surface area contributed by atoms with Gasteiger partial charge in [0.2, 0.25) is 5.89 Å². The third-order valence-electron chi connectivity index (χ3n) is 4.76. The van der Waals surface area contributed by atoms with Crippen LogP contribution in [0.5, 0.6) is 0 Å². The number of oxazole rings is 1. The van der Waals surface area contributed by atoms with Crippen molar-refractivity contribution in [2.45, 2.75) is 19.3 Å². The molecule has 0 amide bonds. The van der Waals surface area contributed by atoms with Crippen LogP contribution in [0.3, 0.4) is 0 Å². The minimum atomic E-state index is 0.294. The summed E-state index contributed by atoms with van der Waals surface area (Å²) in [5.41, 5.74) is 2.55. The van der Waals surface area contributed by atoms with E-state index in [0.717, 1.165) is 54.8 Å². The van der Waals surface area contributed by atoms with Crippen molar-refractivity contribution in [1.82, 2.24) is 9.97 Å². The van der Waals surface area contributed by atoms with Crippen LogP contribution in [0.4, 0.5) is 5.82 Å². The molecule has 24 heavy (non-hydrogen) atoms. The van der Waals surface area contributed by atoms with E-state index in [0.29, 0.717) is 18.4 Å². The number of rotatable bonds is 4. The number of piperidine rings is 1. The quantitative estimate of drug-likeness (QED) is 0.796. The molecule has 2 aromatic heterocycles. The molecule has 0 radical (unpaired) electrons. The van der Waals surface area contributed by atoms with Gasteiger partial charge in [0, 0.05) is 25.9 Å². The molecule has 1 N–H and O–H groups in total. The van der Waals surface area contributed by atoms with Crippen molar-refractivity contribution in [2.24, 2.45) is 5.92 Å². The highest BCUT2D eigenvalue weighted by molar-refractivity contribution is 5.75. The number of aliphatic hydroxyl groups is 1. The Hall–Kier alpha value is -2.40. The molecule has 0 unspecified atom stereocenters. The molecule has 3 aromatic rings. The van der Waals surface area contributed by atoms with E-state index in [-0.39, 0.29) is 0 Å². The lowest BCUT2D eigenvalue weighted by molar-refractivity contribution is 0.240. The van der Waals surface area contributed by atoms with Gasteiger partial charge in [0.05, 0.1) is 5.56 Å². The van der Waals surface area contributed by atoms with E-state index in [9.17, 15) is 0 Å². The molecule has 0 aliphatic carbocycles. The van der Waals surface area contributed by atoms with Gasteiger partial charge in [-0.15, -0.1) is 0 Å². The summed E-state index contributed by atoms with van der Waals surface area (Å²) in [5.74, 6) is 2.25. The Morgan fingerprint density at radius 2 is 1.96 bits per heavy atom. The van der Waals surface area contributed by atoms with Gasteiger partial charge in [-0.1, -0.05) is 12.1 Å². The largest absolute Gasteiger partial charge is 0.436 e. The smallest absolute Gasteiger partial charge is 0.228 e. The number of para-hydroxylation sites is 2. The Balaban J connectivity index is 1.49. The Morgan fingerprint density at radius 3 is 2.67 bits per heavy atom. The summed E-state index contributed by atoms with van der Waals surface area (Å²) in [4.78, 5) is 11.4. The maximum atomic E-state index is 9.05. The number of nitrogens with zero attached hydrogens (tertiary/aromatic N) is 3. The molecule has 1 aromatic carbocycles. The number of anilines is 1. The van der Waals surface area contributed by atoms with Gasteiger partial charge in [-0.3, -0.25) is 0 Å². The van der Waals surface area contributed by atoms with Crippen LogP contribution in [0.1, 0.15) is 19.3 Å². The molecule has 124 valence electrons. The van der Waals surface area contributed by atoms with Crippen LogP contribution in [0.2, 0.25) is 0 Å². The van der Waals surface area contributed by atoms with Gasteiger partial charge >= 0.3 is 0 Å². The second-order valence-electron chi connectivity index (χ2n) is 6.33. The third kappa shape index (κ3) is 2.99. The summed E-state index contributed by atoms with van der Waals surface area (Å²) in [5, 5.41) is 9.05. The van der Waals surface area contributed by atoms with Crippen molar-refractivity contribution in [3.63, 3.8) is 0 Å². The number of aromatic nitrogens is 2. The number of benzene rings is 1. The number of hydrogen-bond donors (Lipinski definition) is 1. The van der Waals surface area contributed by atoms with E-state index in [4.69, 9.17) is 9.52 Å². The number of aliphatic hydroxyl groups excluding tert-OH is 1. The first-order valence-electron chi connectivity index (χ1n) is 8.51. The Bertz CT molecular complexity index is 772. The van der Waals surface area contributed by atoms with Crippen molar-refractivity contribution >= 4 is 16.9 Å². The molecular weight excluding hydrogens is 302 g/mol. The van der Waals surface area contributed by atoms with Crippen molar-refractivity contribution in [2.75, 3.05) is 24.6 Å². The van der Waals surface area contributed by atoms with Gasteiger partial charge < -0.3 is 14.4 Å². The van der Waals surface area contributed by atoms with Crippen molar-refractivity contribution in [3.8, 4) is 11.5 Å². The van der Waals surface area contributed by atoms with Crippen LogP contribution in [0, 0.1) is 5.92 Å². The fourth-order valence-corrected chi connectivity index (χ4v) is 3.33. The molecule has 0 bridgehead atoms. The van der Waals surface area contributed by atoms with Crippen LogP contribution in [0.25, 0.3) is 22.6 Å². The lowest BCUT2D eigenvalue weighted by Gasteiger charge is -2.32. The molecule has 3 heterocycles. The zero-order chi connectivity index (χ0) is 16.4. The fraction of sp³-hybridized carbons (Fsp3) is 0.368. The van der Waals surface area contributed by atoms with Gasteiger partial charge in [0.15, 0.2) is 5.58 Å². The molecule has 0 saturated carbocycles. The van der Waals surface area contributed by atoms with Gasteiger partial charge in [-0.25, -0.2) is 9.97 Å². The van der Waals surface area contributed by atoms with Crippen LogP contribution >= 0.6 is 0 Å². The number of hydrogen-bond acceptors (Lipinski definition) is 5. The highest BCUT2D eigenvalue weighted by atomic mass is 16.3. The molecule has 1 fully saturated rings. The highest BCUT2D eigenvalue weighted by Gasteiger charge is 2.20. The number of pyridine rings is 1. The molecule has 5 heteroatoms. The van der Waals surface area contributed by atoms with E-state index in [2.05, 4.69) is 14.9 Å². The van der Waals surface area contributed by atoms with Crippen molar-refractivity contribution in [3.05, 3.63) is 42.6 Å². The summed E-state index contributed by atoms with van der Waals surface area (Å²) in [6.45, 7) is 2.29. The van der Waals surface area contributed by atoms with E-state index in [1.54, 1.807) is 0 Å². The first kappa shape index (κ1) is 15.1. The molecule has 1 aliphatic rings. The molecule has 1 saturated heterocycles. The summed E-state index contributed by atoms with van der Waals surface area (Å²) in [6, 6.07) is 11.8. The van der Waals surface area contributed by atoms with E-state index in [1.807, 2.05) is 42.6 Å². The SMILES string of the molecule is OCCC1CCN(c2ccc(-c3nc4ccccc4o3)cn2)CC1. The first-order valence-corrected chi connectivity index (χ1v) is 8.51. The average molecular weight is 323 g/mol. The molecule has 1 aliphatic heterocycles. The topological polar surface area (TPSA) is 62.4 Å². The third-order valence-corrected chi connectivity index (χ3v) is 4.76. The fourth-order valence-electron chi connectivity index (χ4n) is 3.33. The van der Waals surface area contributed by atoms with E-state index >= 15 is 0 Å². The highest BCUT2D eigenvalue weighted by Crippen LogP contribution is 2.27. The molecule has 0 spiro atoms. The molecular formula is C19H21N3O2. The maximum absolute atomic E-state index is 9.05. The summed E-state index contributed by atoms with van der Waals surface area (Å²) >= 11 is 0. The van der Waals surface area contributed by atoms with Crippen LogP contribution in [-0.4, -0.2) is 34.8 Å². The summed E-state index contributed by atoms with van der Waals surface area (Å²) in [6.07, 6.45) is 4.99.